The van der Waals surface area contributed by atoms with E-state index in [1.807, 2.05) is 6.07 Å². The van der Waals surface area contributed by atoms with E-state index in [2.05, 4.69) is 33.0 Å². The van der Waals surface area contributed by atoms with Gasteiger partial charge in [0, 0.05) is 23.2 Å². The van der Waals surface area contributed by atoms with Gasteiger partial charge in [0.25, 0.3) is 0 Å². The Labute approximate surface area is 126 Å². The average Bonchev–Trinajstić information content (AvgIpc) is 2.34. The third kappa shape index (κ3) is 5.60. The van der Waals surface area contributed by atoms with Crippen LogP contribution in [0, 0.1) is 5.92 Å². The molecule has 1 atom stereocenters. The van der Waals surface area contributed by atoms with Gasteiger partial charge in [0.15, 0.2) is 0 Å². The van der Waals surface area contributed by atoms with Gasteiger partial charge in [0.2, 0.25) is 0 Å². The molecule has 1 unspecified atom stereocenters. The number of hydrogen-bond acceptors (Lipinski definition) is 2. The molecule has 0 radical (unpaired) electrons. The van der Waals surface area contributed by atoms with Gasteiger partial charge in [-0.2, -0.15) is 0 Å². The van der Waals surface area contributed by atoms with Crippen LogP contribution < -0.4 is 10.1 Å². The van der Waals surface area contributed by atoms with E-state index in [0.29, 0.717) is 35.2 Å². The van der Waals surface area contributed by atoms with Gasteiger partial charge >= 0.3 is 0 Å². The van der Waals surface area contributed by atoms with Crippen LogP contribution in [0.2, 0.25) is 10.0 Å². The maximum absolute atomic E-state index is 6.24. The SMILES string of the molecule is CCC(C)COc1c(Cl)cc(Cl)cc1CNC(C)C. The van der Waals surface area contributed by atoms with E-state index >= 15 is 0 Å². The second kappa shape index (κ2) is 7.98. The highest BCUT2D eigenvalue weighted by atomic mass is 35.5. The maximum Gasteiger partial charge on any atom is 0.142 e. The van der Waals surface area contributed by atoms with Crippen LogP contribution in [0.3, 0.4) is 0 Å². The summed E-state index contributed by atoms with van der Waals surface area (Å²) < 4.78 is 5.88. The predicted octanol–water partition coefficient (Wildman–Crippen LogP) is 4.92. The van der Waals surface area contributed by atoms with E-state index in [0.717, 1.165) is 17.7 Å². The molecule has 0 saturated carbocycles. The lowest BCUT2D eigenvalue weighted by Crippen LogP contribution is -2.22. The maximum atomic E-state index is 6.24. The molecular formula is C15H23Cl2NO. The van der Waals surface area contributed by atoms with Gasteiger partial charge in [-0.3, -0.25) is 0 Å². The molecule has 0 fully saturated rings. The van der Waals surface area contributed by atoms with Crippen LogP contribution in [0.4, 0.5) is 0 Å². The van der Waals surface area contributed by atoms with Gasteiger partial charge in [-0.15, -0.1) is 0 Å². The van der Waals surface area contributed by atoms with Gasteiger partial charge in [-0.1, -0.05) is 57.3 Å². The molecule has 0 amide bonds. The van der Waals surface area contributed by atoms with E-state index in [-0.39, 0.29) is 0 Å². The molecule has 1 aromatic carbocycles. The highest BCUT2D eigenvalue weighted by molar-refractivity contribution is 6.35. The molecule has 0 saturated heterocycles. The van der Waals surface area contributed by atoms with Gasteiger partial charge < -0.3 is 10.1 Å². The first kappa shape index (κ1) is 16.6. The van der Waals surface area contributed by atoms with Crippen LogP contribution in [-0.2, 0) is 6.54 Å². The van der Waals surface area contributed by atoms with Crippen LogP contribution in [0.1, 0.15) is 39.7 Å². The van der Waals surface area contributed by atoms with Crippen molar-refractivity contribution >= 4 is 23.2 Å². The zero-order chi connectivity index (χ0) is 14.4. The van der Waals surface area contributed by atoms with Crippen molar-refractivity contribution in [2.75, 3.05) is 6.61 Å². The van der Waals surface area contributed by atoms with Crippen LogP contribution in [0.15, 0.2) is 12.1 Å². The number of rotatable bonds is 7. The predicted molar refractivity (Wildman–Crippen MR) is 83.4 cm³/mol. The van der Waals surface area contributed by atoms with Crippen molar-refractivity contribution in [2.24, 2.45) is 5.92 Å². The molecule has 1 rings (SSSR count). The highest BCUT2D eigenvalue weighted by Crippen LogP contribution is 2.33. The van der Waals surface area contributed by atoms with Crippen LogP contribution in [0.25, 0.3) is 0 Å². The summed E-state index contributed by atoms with van der Waals surface area (Å²) in [5.41, 5.74) is 1.01. The van der Waals surface area contributed by atoms with Crippen molar-refractivity contribution in [1.82, 2.24) is 5.32 Å². The quantitative estimate of drug-likeness (QED) is 0.772. The summed E-state index contributed by atoms with van der Waals surface area (Å²) >= 11 is 12.3. The smallest absolute Gasteiger partial charge is 0.142 e. The molecule has 1 aromatic rings. The zero-order valence-corrected chi connectivity index (χ0v) is 13.6. The summed E-state index contributed by atoms with van der Waals surface area (Å²) in [6, 6.07) is 4.04. The summed E-state index contributed by atoms with van der Waals surface area (Å²) in [6.07, 6.45) is 1.09. The summed E-state index contributed by atoms with van der Waals surface area (Å²) in [4.78, 5) is 0. The van der Waals surface area contributed by atoms with Gasteiger partial charge in [0.1, 0.15) is 5.75 Å². The Kier molecular flexibility index (Phi) is 6.98. The fraction of sp³-hybridized carbons (Fsp3) is 0.600. The van der Waals surface area contributed by atoms with E-state index < -0.39 is 0 Å². The van der Waals surface area contributed by atoms with Crippen LogP contribution in [-0.4, -0.2) is 12.6 Å². The zero-order valence-electron chi connectivity index (χ0n) is 12.1. The number of ether oxygens (including phenoxy) is 1. The second-order valence-electron chi connectivity index (χ2n) is 5.24. The molecule has 0 aliphatic rings. The molecule has 0 bridgehead atoms. The lowest BCUT2D eigenvalue weighted by atomic mass is 10.1. The Morgan fingerprint density at radius 2 is 1.89 bits per heavy atom. The van der Waals surface area contributed by atoms with Crippen LogP contribution >= 0.6 is 23.2 Å². The Hall–Kier alpha value is -0.440. The molecule has 0 aliphatic carbocycles. The topological polar surface area (TPSA) is 21.3 Å². The van der Waals surface area contributed by atoms with E-state index in [1.165, 1.54) is 0 Å². The lowest BCUT2D eigenvalue weighted by Gasteiger charge is -2.17. The average molecular weight is 304 g/mol. The monoisotopic (exact) mass is 303 g/mol. The van der Waals surface area contributed by atoms with Crippen molar-refractivity contribution in [1.29, 1.82) is 0 Å². The minimum absolute atomic E-state index is 0.403. The van der Waals surface area contributed by atoms with E-state index in [1.54, 1.807) is 6.07 Å². The van der Waals surface area contributed by atoms with Crippen molar-refractivity contribution in [2.45, 2.75) is 46.7 Å². The molecule has 2 nitrogen and oxygen atoms in total. The first-order valence-corrected chi connectivity index (χ1v) is 7.53. The molecular weight excluding hydrogens is 281 g/mol. The Morgan fingerprint density at radius 3 is 2.47 bits per heavy atom. The number of benzene rings is 1. The van der Waals surface area contributed by atoms with Crippen molar-refractivity contribution in [3.05, 3.63) is 27.7 Å². The highest BCUT2D eigenvalue weighted by Gasteiger charge is 2.12. The molecule has 19 heavy (non-hydrogen) atoms. The Morgan fingerprint density at radius 1 is 1.21 bits per heavy atom. The van der Waals surface area contributed by atoms with Crippen molar-refractivity contribution in [3.8, 4) is 5.75 Å². The number of nitrogens with one attached hydrogen (secondary N) is 1. The van der Waals surface area contributed by atoms with Crippen LogP contribution in [0.5, 0.6) is 5.75 Å². The summed E-state index contributed by atoms with van der Waals surface area (Å²) in [5, 5.41) is 4.58. The normalized spacial score (nSPS) is 12.8. The fourth-order valence-corrected chi connectivity index (χ4v) is 2.15. The molecule has 4 heteroatoms. The molecule has 108 valence electrons. The first-order chi connectivity index (χ1) is 8.93. The number of halogens is 2. The lowest BCUT2D eigenvalue weighted by molar-refractivity contribution is 0.254. The Bertz CT molecular complexity index is 407. The minimum Gasteiger partial charge on any atom is -0.491 e. The molecule has 0 aromatic heterocycles. The first-order valence-electron chi connectivity index (χ1n) is 6.78. The summed E-state index contributed by atoms with van der Waals surface area (Å²) in [7, 11) is 0. The number of hydrogen-bond donors (Lipinski definition) is 1. The second-order valence-corrected chi connectivity index (χ2v) is 6.08. The van der Waals surface area contributed by atoms with Crippen molar-refractivity contribution < 1.29 is 4.74 Å². The fourth-order valence-electron chi connectivity index (χ4n) is 1.56. The molecule has 0 spiro atoms. The standard InChI is InChI=1S/C15H23Cl2NO/c1-5-11(4)9-19-15-12(8-18-10(2)3)6-13(16)7-14(15)17/h6-7,10-11,18H,5,8-9H2,1-4H3. The molecule has 1 N–H and O–H groups in total. The third-order valence-electron chi connectivity index (χ3n) is 3.00. The van der Waals surface area contributed by atoms with E-state index in [4.69, 9.17) is 27.9 Å². The van der Waals surface area contributed by atoms with Gasteiger partial charge in [0.05, 0.1) is 11.6 Å². The third-order valence-corrected chi connectivity index (χ3v) is 3.49. The van der Waals surface area contributed by atoms with Crippen molar-refractivity contribution in [3.63, 3.8) is 0 Å². The Balaban J connectivity index is 2.86. The minimum atomic E-state index is 0.403. The van der Waals surface area contributed by atoms with E-state index in [9.17, 15) is 0 Å². The molecule has 0 aliphatic heterocycles. The molecule has 0 heterocycles. The summed E-state index contributed by atoms with van der Waals surface area (Å²) in [6.45, 7) is 9.90. The van der Waals surface area contributed by atoms with Gasteiger partial charge in [-0.05, 0) is 18.1 Å². The largest absolute Gasteiger partial charge is 0.491 e. The van der Waals surface area contributed by atoms with Gasteiger partial charge in [-0.25, -0.2) is 0 Å². The summed E-state index contributed by atoms with van der Waals surface area (Å²) in [5.74, 6) is 1.26.